The number of benzene rings is 5. The zero-order valence-corrected chi connectivity index (χ0v) is 30.1. The van der Waals surface area contributed by atoms with Gasteiger partial charge in [0, 0.05) is 22.0 Å². The quantitative estimate of drug-likeness (QED) is 0.206. The number of nitrogens with zero attached hydrogens (tertiary/aromatic N) is 1. The summed E-state index contributed by atoms with van der Waals surface area (Å²) in [6.45, 7) is 4.84. The molecule has 0 bridgehead atoms. The number of aliphatic imine (C=N–C) groups is 1. The monoisotopic (exact) mass is 676 g/mol. The molecule has 1 fully saturated rings. The first-order valence-electron chi connectivity index (χ1n) is 19.5. The molecule has 5 aromatic rings. The molecule has 1 N–H and O–H groups in total. The molecule has 2 aliphatic heterocycles. The van der Waals surface area contributed by atoms with Gasteiger partial charge in [-0.25, -0.2) is 4.99 Å². The van der Waals surface area contributed by atoms with Gasteiger partial charge in [0.2, 0.25) is 6.23 Å². The fourth-order valence-electron chi connectivity index (χ4n) is 10.9. The summed E-state index contributed by atoms with van der Waals surface area (Å²) >= 11 is 0. The van der Waals surface area contributed by atoms with Gasteiger partial charge in [-0.2, -0.15) is 0 Å². The van der Waals surface area contributed by atoms with Crippen molar-refractivity contribution in [3.8, 4) is 39.1 Å². The molecule has 5 aromatic carbocycles. The fourth-order valence-corrected chi connectivity index (χ4v) is 10.9. The van der Waals surface area contributed by atoms with E-state index in [0.717, 1.165) is 30.0 Å². The number of amidine groups is 1. The number of hydrogen-bond donors (Lipinski definition) is 1. The molecule has 52 heavy (non-hydrogen) atoms. The fraction of sp³-hybridized carbons (Fsp3) is 0.286. The number of nitrogens with one attached hydrogen (secondary N) is 1. The zero-order valence-electron chi connectivity index (χ0n) is 30.1. The van der Waals surface area contributed by atoms with Crippen LogP contribution in [0.2, 0.25) is 0 Å². The van der Waals surface area contributed by atoms with Crippen LogP contribution < -0.4 is 10.1 Å². The van der Waals surface area contributed by atoms with E-state index in [1.807, 2.05) is 0 Å². The lowest BCUT2D eigenvalue weighted by molar-refractivity contribution is 0.195. The zero-order chi connectivity index (χ0) is 34.6. The molecule has 1 spiro atoms. The van der Waals surface area contributed by atoms with E-state index in [2.05, 4.69) is 141 Å². The van der Waals surface area contributed by atoms with Gasteiger partial charge in [-0.3, -0.25) is 0 Å². The van der Waals surface area contributed by atoms with Gasteiger partial charge in [0.05, 0.1) is 12.0 Å². The minimum atomic E-state index is -0.235. The largest absolute Gasteiger partial charge is 0.468 e. The molecule has 3 nitrogen and oxygen atoms in total. The Morgan fingerprint density at radius 2 is 1.44 bits per heavy atom. The Labute approximate surface area is 307 Å². The first kappa shape index (κ1) is 30.5. The molecule has 256 valence electrons. The second-order valence-electron chi connectivity index (χ2n) is 16.4. The Kier molecular flexibility index (Phi) is 6.55. The molecule has 0 saturated heterocycles. The average molecular weight is 677 g/mol. The van der Waals surface area contributed by atoms with Gasteiger partial charge >= 0.3 is 0 Å². The molecule has 11 rings (SSSR count). The summed E-state index contributed by atoms with van der Waals surface area (Å²) in [5.74, 6) is 2.04. The Hall–Kier alpha value is -5.15. The van der Waals surface area contributed by atoms with Gasteiger partial charge in [0.25, 0.3) is 0 Å². The predicted octanol–water partition coefficient (Wildman–Crippen LogP) is 11.4. The van der Waals surface area contributed by atoms with E-state index in [1.165, 1.54) is 87.7 Å². The number of fused-ring (bicyclic) bond motifs is 11. The molecule has 0 amide bonds. The maximum Gasteiger partial charge on any atom is 0.201 e. The van der Waals surface area contributed by atoms with Crippen molar-refractivity contribution in [2.45, 2.75) is 87.8 Å². The van der Waals surface area contributed by atoms with Crippen LogP contribution in [0.1, 0.15) is 98.1 Å². The summed E-state index contributed by atoms with van der Waals surface area (Å²) < 4.78 is 6.50. The SMILES string of the molecule is CC1(C)c2cc3c(cc2-c2c(-c4ccc(C5=NC6Oc7ccccc7C6C(C6=CC=CCC6)N5)cc4)cccc21)C1(CCCCC1)c1ccccc1-3. The Morgan fingerprint density at radius 1 is 0.692 bits per heavy atom. The second kappa shape index (κ2) is 11.2. The number of ether oxygens (including phenoxy) is 1. The van der Waals surface area contributed by atoms with Gasteiger partial charge in [-0.15, -0.1) is 0 Å². The van der Waals surface area contributed by atoms with E-state index >= 15 is 0 Å². The molecule has 1 saturated carbocycles. The van der Waals surface area contributed by atoms with Crippen molar-refractivity contribution in [3.63, 3.8) is 0 Å². The van der Waals surface area contributed by atoms with Crippen LogP contribution in [0, 0.1) is 0 Å². The lowest BCUT2D eigenvalue weighted by atomic mass is 9.67. The minimum Gasteiger partial charge on any atom is -0.468 e. The lowest BCUT2D eigenvalue weighted by Gasteiger charge is -2.36. The first-order valence-corrected chi connectivity index (χ1v) is 19.5. The average Bonchev–Trinajstić information content (AvgIpc) is 3.78. The number of hydrogen-bond acceptors (Lipinski definition) is 3. The molecule has 0 aromatic heterocycles. The van der Waals surface area contributed by atoms with E-state index < -0.39 is 0 Å². The predicted molar refractivity (Wildman–Crippen MR) is 212 cm³/mol. The van der Waals surface area contributed by atoms with Crippen LogP contribution in [-0.4, -0.2) is 18.1 Å². The lowest BCUT2D eigenvalue weighted by Crippen LogP contribution is -2.49. The van der Waals surface area contributed by atoms with Gasteiger partial charge < -0.3 is 10.1 Å². The van der Waals surface area contributed by atoms with Gasteiger partial charge in [0.15, 0.2) is 0 Å². The smallest absolute Gasteiger partial charge is 0.201 e. The van der Waals surface area contributed by atoms with Crippen molar-refractivity contribution >= 4 is 5.84 Å². The van der Waals surface area contributed by atoms with E-state index in [-0.39, 0.29) is 29.0 Å². The van der Waals surface area contributed by atoms with Crippen LogP contribution in [0.15, 0.2) is 132 Å². The molecule has 6 aliphatic rings. The molecule has 4 aliphatic carbocycles. The Morgan fingerprint density at radius 3 is 2.29 bits per heavy atom. The van der Waals surface area contributed by atoms with Crippen LogP contribution in [0.3, 0.4) is 0 Å². The van der Waals surface area contributed by atoms with Crippen LogP contribution in [0.25, 0.3) is 33.4 Å². The highest BCUT2D eigenvalue weighted by Crippen LogP contribution is 2.60. The maximum atomic E-state index is 6.50. The third-order valence-electron chi connectivity index (χ3n) is 13.4. The van der Waals surface area contributed by atoms with E-state index in [4.69, 9.17) is 9.73 Å². The summed E-state index contributed by atoms with van der Waals surface area (Å²) in [4.78, 5) is 5.21. The van der Waals surface area contributed by atoms with Crippen molar-refractivity contribution in [1.82, 2.24) is 5.32 Å². The number of para-hydroxylation sites is 1. The molecule has 3 unspecified atom stereocenters. The van der Waals surface area contributed by atoms with Crippen LogP contribution >= 0.6 is 0 Å². The maximum absolute atomic E-state index is 6.50. The topological polar surface area (TPSA) is 33.6 Å². The van der Waals surface area contributed by atoms with Crippen LogP contribution in [0.4, 0.5) is 0 Å². The molecule has 2 heterocycles. The van der Waals surface area contributed by atoms with Crippen molar-refractivity contribution in [3.05, 3.63) is 160 Å². The highest BCUT2D eigenvalue weighted by molar-refractivity contribution is 6.01. The third kappa shape index (κ3) is 4.23. The summed E-state index contributed by atoms with van der Waals surface area (Å²) in [7, 11) is 0. The highest BCUT2D eigenvalue weighted by atomic mass is 16.5. The van der Waals surface area contributed by atoms with Crippen LogP contribution in [0.5, 0.6) is 5.75 Å². The molecular weight excluding hydrogens is 633 g/mol. The highest BCUT2D eigenvalue weighted by Gasteiger charge is 2.47. The summed E-state index contributed by atoms with van der Waals surface area (Å²) in [5.41, 5.74) is 18.2. The van der Waals surface area contributed by atoms with Crippen molar-refractivity contribution < 1.29 is 4.74 Å². The molecule has 0 radical (unpaired) electrons. The molecule has 3 heteroatoms. The molecule has 3 atom stereocenters. The third-order valence-corrected chi connectivity index (χ3v) is 13.4. The van der Waals surface area contributed by atoms with Crippen molar-refractivity contribution in [2.24, 2.45) is 4.99 Å². The van der Waals surface area contributed by atoms with Gasteiger partial charge in [-0.1, -0.05) is 136 Å². The van der Waals surface area contributed by atoms with Crippen molar-refractivity contribution in [1.29, 1.82) is 0 Å². The number of allylic oxidation sites excluding steroid dienone is 3. The summed E-state index contributed by atoms with van der Waals surface area (Å²) in [5, 5.41) is 3.90. The number of rotatable bonds is 3. The summed E-state index contributed by atoms with van der Waals surface area (Å²) in [6.07, 6.45) is 15.1. The minimum absolute atomic E-state index is 0.0823. The Bertz CT molecular complexity index is 2390. The normalized spacial score (nSPS) is 23.6. The van der Waals surface area contributed by atoms with Crippen LogP contribution in [-0.2, 0) is 10.8 Å². The molecular formula is C49H44N2O. The Balaban J connectivity index is 0.994. The van der Waals surface area contributed by atoms with E-state index in [1.54, 1.807) is 11.1 Å². The van der Waals surface area contributed by atoms with Gasteiger partial charge in [0.1, 0.15) is 11.6 Å². The summed E-state index contributed by atoms with van der Waals surface area (Å²) in [6, 6.07) is 39.2. The second-order valence-corrected chi connectivity index (χ2v) is 16.4. The van der Waals surface area contributed by atoms with Crippen molar-refractivity contribution in [2.75, 3.05) is 0 Å². The van der Waals surface area contributed by atoms with Gasteiger partial charge in [-0.05, 0) is 105 Å². The van der Waals surface area contributed by atoms with E-state index in [0.29, 0.717) is 0 Å². The standard InChI is InChI=1S/C49H44N2O/c1-48(2)39-20-13-18-33(43(39)37-29-41-36(28-40(37)48)34-16-7-9-19-38(34)49(41)26-11-4-12-27-49)30-22-24-32(25-23-30)46-50-45(31-14-5-3-6-15-31)44-35-17-8-10-21-42(35)52-47(44)51-46/h3,5,7-10,13-14,16-25,28-29,44-45,47H,4,6,11-12,15,26-27H2,1-2H3,(H,50,51). The first-order chi connectivity index (χ1) is 25.5. The van der Waals surface area contributed by atoms with E-state index in [9.17, 15) is 0 Å².